The summed E-state index contributed by atoms with van der Waals surface area (Å²) in [6.07, 6.45) is 0.0147. The monoisotopic (exact) mass is 251 g/mol. The van der Waals surface area contributed by atoms with Gasteiger partial charge in [0.2, 0.25) is 0 Å². The molecule has 0 saturated carbocycles. The van der Waals surface area contributed by atoms with E-state index >= 15 is 0 Å². The highest BCUT2D eigenvalue weighted by Gasteiger charge is 2.24. The first-order valence-corrected chi connectivity index (χ1v) is 6.01. The van der Waals surface area contributed by atoms with Crippen LogP contribution in [-0.4, -0.2) is 32.3 Å². The molecule has 3 atom stereocenters. The van der Waals surface area contributed by atoms with Crippen LogP contribution in [0.5, 0.6) is 0 Å². The Morgan fingerprint density at radius 2 is 1.78 bits per heavy atom. The van der Waals surface area contributed by atoms with Crippen LogP contribution < -0.4 is 5.32 Å². The number of carbonyl (C=O) groups excluding carboxylic acids is 1. The standard InChI is InChI=1S/C14H21NO3/c1-10(11(2)17-3)15-13(14(16)18-4)12-8-6-5-7-9-12/h5-11,13,15H,1-4H3. The second kappa shape index (κ2) is 7.13. The number of esters is 1. The number of benzene rings is 1. The first-order chi connectivity index (χ1) is 8.60. The molecular weight excluding hydrogens is 230 g/mol. The Hall–Kier alpha value is -1.39. The van der Waals surface area contributed by atoms with Gasteiger partial charge in [-0.15, -0.1) is 0 Å². The fraction of sp³-hybridized carbons (Fsp3) is 0.500. The lowest BCUT2D eigenvalue weighted by molar-refractivity contribution is -0.143. The fourth-order valence-electron chi connectivity index (χ4n) is 1.67. The zero-order valence-corrected chi connectivity index (χ0v) is 11.3. The summed E-state index contributed by atoms with van der Waals surface area (Å²) < 4.78 is 10.1. The Morgan fingerprint density at radius 3 is 2.28 bits per heavy atom. The van der Waals surface area contributed by atoms with Crippen molar-refractivity contribution >= 4 is 5.97 Å². The molecule has 0 fully saturated rings. The van der Waals surface area contributed by atoms with E-state index in [9.17, 15) is 4.79 Å². The SMILES string of the molecule is COC(=O)C(NC(C)C(C)OC)c1ccccc1. The summed E-state index contributed by atoms with van der Waals surface area (Å²) in [4.78, 5) is 11.8. The molecule has 1 N–H and O–H groups in total. The number of hydrogen-bond acceptors (Lipinski definition) is 4. The molecule has 0 aliphatic carbocycles. The third kappa shape index (κ3) is 3.82. The van der Waals surface area contributed by atoms with E-state index in [0.717, 1.165) is 5.56 Å². The van der Waals surface area contributed by atoms with Gasteiger partial charge in [-0.1, -0.05) is 30.3 Å². The number of methoxy groups -OCH3 is 2. The zero-order chi connectivity index (χ0) is 13.5. The molecule has 0 aliphatic heterocycles. The molecule has 0 aliphatic rings. The molecule has 0 heterocycles. The Balaban J connectivity index is 2.84. The topological polar surface area (TPSA) is 47.6 Å². The summed E-state index contributed by atoms with van der Waals surface area (Å²) in [5, 5.41) is 3.24. The summed E-state index contributed by atoms with van der Waals surface area (Å²) in [6, 6.07) is 9.09. The van der Waals surface area contributed by atoms with E-state index in [1.165, 1.54) is 7.11 Å². The van der Waals surface area contributed by atoms with Crippen LogP contribution in [0.2, 0.25) is 0 Å². The van der Waals surface area contributed by atoms with Gasteiger partial charge >= 0.3 is 5.97 Å². The number of hydrogen-bond donors (Lipinski definition) is 1. The van der Waals surface area contributed by atoms with Gasteiger partial charge in [-0.05, 0) is 19.4 Å². The maximum absolute atomic E-state index is 11.8. The van der Waals surface area contributed by atoms with Crippen molar-refractivity contribution in [3.05, 3.63) is 35.9 Å². The summed E-state index contributed by atoms with van der Waals surface area (Å²) >= 11 is 0. The van der Waals surface area contributed by atoms with Gasteiger partial charge in [0.1, 0.15) is 6.04 Å². The molecule has 0 aromatic heterocycles. The van der Waals surface area contributed by atoms with Gasteiger partial charge in [-0.3, -0.25) is 5.32 Å². The third-order valence-electron chi connectivity index (χ3n) is 3.08. The van der Waals surface area contributed by atoms with Gasteiger partial charge in [-0.2, -0.15) is 0 Å². The molecule has 100 valence electrons. The van der Waals surface area contributed by atoms with Gasteiger partial charge in [-0.25, -0.2) is 4.79 Å². The molecule has 1 aromatic carbocycles. The largest absolute Gasteiger partial charge is 0.468 e. The quantitative estimate of drug-likeness (QED) is 0.785. The van der Waals surface area contributed by atoms with E-state index < -0.39 is 6.04 Å². The van der Waals surface area contributed by atoms with Crippen LogP contribution in [0.4, 0.5) is 0 Å². The minimum Gasteiger partial charge on any atom is -0.468 e. The molecule has 4 nitrogen and oxygen atoms in total. The smallest absolute Gasteiger partial charge is 0.327 e. The van der Waals surface area contributed by atoms with Crippen molar-refractivity contribution in [2.24, 2.45) is 0 Å². The molecule has 0 spiro atoms. The van der Waals surface area contributed by atoms with Crippen molar-refractivity contribution < 1.29 is 14.3 Å². The number of ether oxygens (including phenoxy) is 2. The highest BCUT2D eigenvalue weighted by Crippen LogP contribution is 2.16. The second-order valence-corrected chi connectivity index (χ2v) is 4.26. The number of rotatable bonds is 6. The summed E-state index contributed by atoms with van der Waals surface area (Å²) in [6.45, 7) is 3.93. The van der Waals surface area contributed by atoms with E-state index in [1.807, 2.05) is 44.2 Å². The Morgan fingerprint density at radius 1 is 1.17 bits per heavy atom. The predicted octanol–water partition coefficient (Wildman–Crippen LogP) is 1.91. The molecule has 0 amide bonds. The van der Waals surface area contributed by atoms with Crippen LogP contribution >= 0.6 is 0 Å². The zero-order valence-electron chi connectivity index (χ0n) is 11.3. The molecule has 0 radical (unpaired) electrons. The van der Waals surface area contributed by atoms with Crippen LogP contribution in [0.1, 0.15) is 25.5 Å². The van der Waals surface area contributed by atoms with Crippen molar-refractivity contribution in [1.82, 2.24) is 5.32 Å². The molecule has 3 unspecified atom stereocenters. The first kappa shape index (κ1) is 14.7. The van der Waals surface area contributed by atoms with Crippen molar-refractivity contribution in [2.75, 3.05) is 14.2 Å². The lowest BCUT2D eigenvalue weighted by Gasteiger charge is -2.25. The van der Waals surface area contributed by atoms with Crippen molar-refractivity contribution in [1.29, 1.82) is 0 Å². The third-order valence-corrected chi connectivity index (χ3v) is 3.08. The van der Waals surface area contributed by atoms with Gasteiger partial charge in [0, 0.05) is 13.2 Å². The minimum absolute atomic E-state index is 0.0147. The normalized spacial score (nSPS) is 15.8. The van der Waals surface area contributed by atoms with Crippen molar-refractivity contribution in [3.63, 3.8) is 0 Å². The van der Waals surface area contributed by atoms with E-state index in [4.69, 9.17) is 9.47 Å². The molecule has 4 heteroatoms. The van der Waals surface area contributed by atoms with Gasteiger partial charge < -0.3 is 9.47 Å². The van der Waals surface area contributed by atoms with Gasteiger partial charge in [0.25, 0.3) is 0 Å². The first-order valence-electron chi connectivity index (χ1n) is 6.01. The summed E-state index contributed by atoms with van der Waals surface area (Å²) in [7, 11) is 3.04. The fourth-order valence-corrected chi connectivity index (χ4v) is 1.67. The number of carbonyl (C=O) groups is 1. The second-order valence-electron chi connectivity index (χ2n) is 4.26. The molecular formula is C14H21NO3. The molecule has 1 rings (SSSR count). The van der Waals surface area contributed by atoms with Crippen LogP contribution in [0.3, 0.4) is 0 Å². The molecule has 1 aromatic rings. The van der Waals surface area contributed by atoms with Crippen LogP contribution in [0.25, 0.3) is 0 Å². The van der Waals surface area contributed by atoms with Crippen molar-refractivity contribution in [3.8, 4) is 0 Å². The molecule has 18 heavy (non-hydrogen) atoms. The van der Waals surface area contributed by atoms with E-state index in [2.05, 4.69) is 5.32 Å². The average Bonchev–Trinajstić information content (AvgIpc) is 2.43. The van der Waals surface area contributed by atoms with Crippen LogP contribution in [-0.2, 0) is 14.3 Å². The predicted molar refractivity (Wildman–Crippen MR) is 70.3 cm³/mol. The Labute approximate surface area is 108 Å². The number of nitrogens with one attached hydrogen (secondary N) is 1. The molecule has 0 saturated heterocycles. The van der Waals surface area contributed by atoms with Crippen LogP contribution in [0, 0.1) is 0 Å². The average molecular weight is 251 g/mol. The van der Waals surface area contributed by atoms with E-state index in [1.54, 1.807) is 7.11 Å². The Kier molecular flexibility index (Phi) is 5.82. The van der Waals surface area contributed by atoms with Gasteiger partial charge in [0.05, 0.1) is 13.2 Å². The van der Waals surface area contributed by atoms with Crippen molar-refractivity contribution in [2.45, 2.75) is 32.0 Å². The molecule has 0 bridgehead atoms. The maximum Gasteiger partial charge on any atom is 0.327 e. The minimum atomic E-state index is -0.469. The van der Waals surface area contributed by atoms with Gasteiger partial charge in [0.15, 0.2) is 0 Å². The lowest BCUT2D eigenvalue weighted by atomic mass is 10.1. The van der Waals surface area contributed by atoms with Crippen LogP contribution in [0.15, 0.2) is 30.3 Å². The highest BCUT2D eigenvalue weighted by molar-refractivity contribution is 5.77. The Bertz CT molecular complexity index is 367. The lowest BCUT2D eigenvalue weighted by Crippen LogP contribution is -2.42. The summed E-state index contributed by atoms with van der Waals surface area (Å²) in [5.74, 6) is -0.295. The maximum atomic E-state index is 11.8. The van der Waals surface area contributed by atoms with E-state index in [0.29, 0.717) is 0 Å². The highest BCUT2D eigenvalue weighted by atomic mass is 16.5. The van der Waals surface area contributed by atoms with E-state index in [-0.39, 0.29) is 18.1 Å². The summed E-state index contributed by atoms with van der Waals surface area (Å²) in [5.41, 5.74) is 0.888.